The average Bonchev–Trinajstić information content (AvgIpc) is 2.90. The molecule has 7 heteroatoms. The molecule has 1 fully saturated rings. The molecule has 2 rings (SSSR count). The average molecular weight is 287 g/mol. The predicted molar refractivity (Wildman–Crippen MR) is 72.0 cm³/mol. The summed E-state index contributed by atoms with van der Waals surface area (Å²) < 4.78 is 27.8. The van der Waals surface area contributed by atoms with Gasteiger partial charge in [-0.2, -0.15) is 0 Å². The topological polar surface area (TPSA) is 75.4 Å². The van der Waals surface area contributed by atoms with E-state index in [1.807, 2.05) is 0 Å². The molecule has 6 nitrogen and oxygen atoms in total. The van der Waals surface area contributed by atoms with Gasteiger partial charge in [-0.1, -0.05) is 0 Å². The van der Waals surface area contributed by atoms with Gasteiger partial charge < -0.3 is 9.67 Å². The lowest BCUT2D eigenvalue weighted by Crippen LogP contribution is -2.44. The molecule has 1 N–H and O–H groups in total. The van der Waals surface area contributed by atoms with Gasteiger partial charge in [-0.15, -0.1) is 0 Å². The Kier molecular flexibility index (Phi) is 4.59. The molecule has 1 aliphatic heterocycles. The smallest absolute Gasteiger partial charge is 0.215 e. The molecule has 1 aliphatic rings. The highest BCUT2D eigenvalue weighted by molar-refractivity contribution is 7.89. The van der Waals surface area contributed by atoms with Crippen molar-refractivity contribution in [2.75, 3.05) is 18.8 Å². The first-order valence-electron chi connectivity index (χ1n) is 6.60. The van der Waals surface area contributed by atoms with Crippen LogP contribution in [0.3, 0.4) is 0 Å². The van der Waals surface area contributed by atoms with E-state index in [0.29, 0.717) is 19.6 Å². The van der Waals surface area contributed by atoms with Crippen molar-refractivity contribution in [1.82, 2.24) is 13.9 Å². The molecule has 108 valence electrons. The number of aliphatic hydroxyl groups is 1. The van der Waals surface area contributed by atoms with Gasteiger partial charge in [-0.25, -0.2) is 17.7 Å². The number of imidazole rings is 1. The van der Waals surface area contributed by atoms with Crippen molar-refractivity contribution in [3.63, 3.8) is 0 Å². The molecule has 0 radical (unpaired) electrons. The lowest BCUT2D eigenvalue weighted by Gasteiger charge is -2.33. The van der Waals surface area contributed by atoms with E-state index in [1.54, 1.807) is 30.2 Å². The van der Waals surface area contributed by atoms with Crippen LogP contribution in [0.4, 0.5) is 0 Å². The Labute approximate surface area is 114 Å². The summed E-state index contributed by atoms with van der Waals surface area (Å²) in [5.74, 6) is 0.132. The zero-order chi connectivity index (χ0) is 13.9. The highest BCUT2D eigenvalue weighted by Gasteiger charge is 2.30. The van der Waals surface area contributed by atoms with Gasteiger partial charge in [0.15, 0.2) is 0 Å². The second kappa shape index (κ2) is 6.02. The third-order valence-corrected chi connectivity index (χ3v) is 5.48. The minimum atomic E-state index is -3.25. The number of aromatic nitrogens is 2. The van der Waals surface area contributed by atoms with Crippen LogP contribution in [-0.4, -0.2) is 52.3 Å². The summed E-state index contributed by atoms with van der Waals surface area (Å²) in [6, 6.07) is 0. The second-order valence-electron chi connectivity index (χ2n) is 5.12. The van der Waals surface area contributed by atoms with Crippen molar-refractivity contribution in [2.24, 2.45) is 5.92 Å². The fraction of sp³-hybridized carbons (Fsp3) is 0.750. The molecule has 0 aromatic carbocycles. The molecule has 0 bridgehead atoms. The van der Waals surface area contributed by atoms with Crippen LogP contribution < -0.4 is 0 Å². The van der Waals surface area contributed by atoms with Crippen molar-refractivity contribution in [3.8, 4) is 0 Å². The first kappa shape index (κ1) is 14.5. The molecule has 0 amide bonds. The van der Waals surface area contributed by atoms with E-state index in [0.717, 1.165) is 12.8 Å². The zero-order valence-corrected chi connectivity index (χ0v) is 12.0. The van der Waals surface area contributed by atoms with Gasteiger partial charge in [-0.3, -0.25) is 0 Å². The lowest BCUT2D eigenvalue weighted by atomic mass is 9.95. The van der Waals surface area contributed by atoms with Crippen molar-refractivity contribution in [1.29, 1.82) is 0 Å². The standard InChI is InChI=1S/C12H21N3O3S/c1-11(16)12-3-2-5-15(9-12)19(17,18)8-7-14-6-4-13-10-14/h4,6,10-12,16H,2-3,5,7-9H2,1H3. The summed E-state index contributed by atoms with van der Waals surface area (Å²) in [5.41, 5.74) is 0. The molecule has 2 unspecified atom stereocenters. The van der Waals surface area contributed by atoms with Crippen LogP contribution in [0.1, 0.15) is 19.8 Å². The highest BCUT2D eigenvalue weighted by Crippen LogP contribution is 2.22. The quantitative estimate of drug-likeness (QED) is 0.845. The molecular weight excluding hydrogens is 266 g/mol. The first-order chi connectivity index (χ1) is 8.99. The Balaban J connectivity index is 1.95. The van der Waals surface area contributed by atoms with E-state index in [4.69, 9.17) is 0 Å². The fourth-order valence-corrected chi connectivity index (χ4v) is 3.91. The van der Waals surface area contributed by atoms with E-state index in [-0.39, 0.29) is 11.7 Å². The summed E-state index contributed by atoms with van der Waals surface area (Å²) in [6.45, 7) is 3.14. The van der Waals surface area contributed by atoms with Crippen molar-refractivity contribution < 1.29 is 13.5 Å². The number of rotatable bonds is 5. The van der Waals surface area contributed by atoms with Crippen molar-refractivity contribution in [3.05, 3.63) is 18.7 Å². The van der Waals surface area contributed by atoms with Crippen molar-refractivity contribution >= 4 is 10.0 Å². The molecule has 0 saturated carbocycles. The van der Waals surface area contributed by atoms with E-state index in [1.165, 1.54) is 4.31 Å². The number of aliphatic hydroxyl groups excluding tert-OH is 1. The third kappa shape index (κ3) is 3.77. The second-order valence-corrected chi connectivity index (χ2v) is 7.21. The predicted octanol–water partition coefficient (Wildman–Crippen LogP) is 0.306. The highest BCUT2D eigenvalue weighted by atomic mass is 32.2. The monoisotopic (exact) mass is 287 g/mol. The maximum atomic E-state index is 12.3. The van der Waals surface area contributed by atoms with Gasteiger partial charge in [0, 0.05) is 32.0 Å². The SMILES string of the molecule is CC(O)C1CCCN(S(=O)(=O)CCn2ccnc2)C1. The summed E-state index contributed by atoms with van der Waals surface area (Å²) in [4.78, 5) is 3.89. The number of piperidine rings is 1. The molecule has 0 aliphatic carbocycles. The minimum Gasteiger partial charge on any atom is -0.393 e. The van der Waals surface area contributed by atoms with E-state index in [9.17, 15) is 13.5 Å². The maximum absolute atomic E-state index is 12.3. The lowest BCUT2D eigenvalue weighted by molar-refractivity contribution is 0.0885. The molecule has 19 heavy (non-hydrogen) atoms. The molecular formula is C12H21N3O3S. The van der Waals surface area contributed by atoms with Crippen LogP contribution in [0.15, 0.2) is 18.7 Å². The summed E-state index contributed by atoms with van der Waals surface area (Å²) in [5, 5.41) is 9.61. The number of sulfonamides is 1. The van der Waals surface area contributed by atoms with Gasteiger partial charge in [0.05, 0.1) is 18.2 Å². The van der Waals surface area contributed by atoms with Gasteiger partial charge >= 0.3 is 0 Å². The summed E-state index contributed by atoms with van der Waals surface area (Å²) in [6.07, 6.45) is 6.27. The van der Waals surface area contributed by atoms with Crippen LogP contribution in [0.25, 0.3) is 0 Å². The Morgan fingerprint density at radius 3 is 2.95 bits per heavy atom. The van der Waals surface area contributed by atoms with E-state index in [2.05, 4.69) is 4.98 Å². The normalized spacial score (nSPS) is 23.4. The van der Waals surface area contributed by atoms with Crippen LogP contribution >= 0.6 is 0 Å². The first-order valence-corrected chi connectivity index (χ1v) is 8.21. The molecule has 2 atom stereocenters. The summed E-state index contributed by atoms with van der Waals surface area (Å²) >= 11 is 0. The molecule has 1 aromatic rings. The third-order valence-electron chi connectivity index (χ3n) is 3.66. The van der Waals surface area contributed by atoms with Gasteiger partial charge in [0.2, 0.25) is 10.0 Å². The number of nitrogens with zero attached hydrogens (tertiary/aromatic N) is 3. The Bertz CT molecular complexity index is 484. The number of aryl methyl sites for hydroxylation is 1. The Hall–Kier alpha value is -0.920. The maximum Gasteiger partial charge on any atom is 0.215 e. The Morgan fingerprint density at radius 1 is 1.53 bits per heavy atom. The van der Waals surface area contributed by atoms with Crippen LogP contribution in [0.5, 0.6) is 0 Å². The van der Waals surface area contributed by atoms with Crippen LogP contribution in [-0.2, 0) is 16.6 Å². The minimum absolute atomic E-state index is 0.0526. The van der Waals surface area contributed by atoms with E-state index < -0.39 is 16.1 Å². The van der Waals surface area contributed by atoms with Crippen LogP contribution in [0, 0.1) is 5.92 Å². The number of hydrogen-bond acceptors (Lipinski definition) is 4. The molecule has 1 aromatic heterocycles. The number of hydrogen-bond donors (Lipinski definition) is 1. The molecule has 1 saturated heterocycles. The molecule has 2 heterocycles. The largest absolute Gasteiger partial charge is 0.393 e. The zero-order valence-electron chi connectivity index (χ0n) is 11.1. The van der Waals surface area contributed by atoms with Crippen molar-refractivity contribution in [2.45, 2.75) is 32.4 Å². The Morgan fingerprint density at radius 2 is 2.32 bits per heavy atom. The van der Waals surface area contributed by atoms with E-state index >= 15 is 0 Å². The fourth-order valence-electron chi connectivity index (χ4n) is 2.39. The van der Waals surface area contributed by atoms with Gasteiger partial charge in [0.1, 0.15) is 0 Å². The summed E-state index contributed by atoms with van der Waals surface area (Å²) in [7, 11) is -3.25. The van der Waals surface area contributed by atoms with Crippen LogP contribution in [0.2, 0.25) is 0 Å². The molecule has 0 spiro atoms. The van der Waals surface area contributed by atoms with Gasteiger partial charge in [-0.05, 0) is 25.7 Å². The van der Waals surface area contributed by atoms with Gasteiger partial charge in [0.25, 0.3) is 0 Å².